The Balaban J connectivity index is 2.46. The van der Waals surface area contributed by atoms with E-state index in [1.165, 1.54) is 0 Å². The Bertz CT molecular complexity index is 1050. The van der Waals surface area contributed by atoms with Crippen LogP contribution in [0.15, 0.2) is 30.5 Å². The first-order chi connectivity index (χ1) is 13.0. The molecule has 27 heavy (non-hydrogen) atoms. The molecule has 0 fully saturated rings. The molecule has 3 aromatic rings. The van der Waals surface area contributed by atoms with E-state index in [1.54, 1.807) is 24.6 Å². The van der Waals surface area contributed by atoms with Crippen LogP contribution in [0.25, 0.3) is 16.6 Å². The van der Waals surface area contributed by atoms with Crippen LogP contribution in [-0.4, -0.2) is 30.4 Å². The van der Waals surface area contributed by atoms with Gasteiger partial charge in [-0.15, -0.1) is 0 Å². The lowest BCUT2D eigenvalue weighted by Crippen LogP contribution is -2.07. The molecule has 0 spiro atoms. The van der Waals surface area contributed by atoms with E-state index in [2.05, 4.69) is 0 Å². The fraction of sp³-hybridized carbons (Fsp3) is 0.273. The van der Waals surface area contributed by atoms with Crippen LogP contribution in [-0.2, 0) is 4.74 Å². The molecular formula is C22H23NO4. The Morgan fingerprint density at radius 2 is 1.93 bits per heavy atom. The first-order valence-corrected chi connectivity index (χ1v) is 8.86. The zero-order valence-electron chi connectivity index (χ0n) is 16.3. The number of pyridine rings is 1. The van der Waals surface area contributed by atoms with Gasteiger partial charge in [0.15, 0.2) is 6.29 Å². The van der Waals surface area contributed by atoms with E-state index < -0.39 is 5.97 Å². The van der Waals surface area contributed by atoms with E-state index in [1.807, 2.05) is 45.0 Å². The molecule has 2 heterocycles. The predicted octanol–water partition coefficient (Wildman–Crippen LogP) is 4.53. The number of hydrogen-bond acceptors (Lipinski definition) is 4. The highest BCUT2D eigenvalue weighted by Crippen LogP contribution is 2.39. The predicted molar refractivity (Wildman–Crippen MR) is 105 cm³/mol. The van der Waals surface area contributed by atoms with E-state index in [4.69, 9.17) is 9.47 Å². The summed E-state index contributed by atoms with van der Waals surface area (Å²) in [4.78, 5) is 24.8. The highest BCUT2D eigenvalue weighted by atomic mass is 16.5. The Morgan fingerprint density at radius 3 is 2.56 bits per heavy atom. The van der Waals surface area contributed by atoms with Crippen LogP contribution < -0.4 is 4.74 Å². The van der Waals surface area contributed by atoms with Crippen LogP contribution in [0, 0.1) is 20.8 Å². The molecule has 0 atom stereocenters. The van der Waals surface area contributed by atoms with E-state index >= 15 is 0 Å². The largest absolute Gasteiger partial charge is 0.496 e. The third kappa shape index (κ3) is 2.89. The van der Waals surface area contributed by atoms with Crippen molar-refractivity contribution in [2.75, 3.05) is 13.7 Å². The van der Waals surface area contributed by atoms with E-state index in [-0.39, 0.29) is 6.61 Å². The number of rotatable bonds is 5. The zero-order chi connectivity index (χ0) is 19.7. The lowest BCUT2D eigenvalue weighted by Gasteiger charge is -2.16. The molecule has 0 aliphatic carbocycles. The van der Waals surface area contributed by atoms with E-state index in [0.29, 0.717) is 22.3 Å². The van der Waals surface area contributed by atoms with Crippen LogP contribution in [0.2, 0.25) is 0 Å². The molecule has 0 saturated heterocycles. The topological polar surface area (TPSA) is 57.0 Å². The maximum absolute atomic E-state index is 12.8. The van der Waals surface area contributed by atoms with Crippen LogP contribution in [0.3, 0.4) is 0 Å². The van der Waals surface area contributed by atoms with Crippen molar-refractivity contribution in [3.63, 3.8) is 0 Å². The van der Waals surface area contributed by atoms with E-state index in [9.17, 15) is 9.59 Å². The van der Waals surface area contributed by atoms with Gasteiger partial charge >= 0.3 is 5.97 Å². The third-order valence-electron chi connectivity index (χ3n) is 4.97. The molecule has 0 radical (unpaired) electrons. The van der Waals surface area contributed by atoms with Gasteiger partial charge in [0, 0.05) is 11.8 Å². The van der Waals surface area contributed by atoms with Crippen LogP contribution in [0.1, 0.15) is 44.5 Å². The van der Waals surface area contributed by atoms with Crippen molar-refractivity contribution in [3.05, 3.63) is 58.4 Å². The highest BCUT2D eigenvalue weighted by molar-refractivity contribution is 6.09. The fourth-order valence-electron chi connectivity index (χ4n) is 3.66. The quantitative estimate of drug-likeness (QED) is 0.492. The summed E-state index contributed by atoms with van der Waals surface area (Å²) in [6, 6.07) is 7.46. The number of carbonyl (C=O) groups is 2. The van der Waals surface area contributed by atoms with Crippen molar-refractivity contribution < 1.29 is 19.1 Å². The van der Waals surface area contributed by atoms with Crippen LogP contribution in [0.5, 0.6) is 5.75 Å². The molecule has 0 unspecified atom stereocenters. The smallest absolute Gasteiger partial charge is 0.340 e. The van der Waals surface area contributed by atoms with Crippen molar-refractivity contribution in [1.82, 2.24) is 4.40 Å². The normalized spacial score (nSPS) is 10.9. The number of aromatic nitrogens is 1. The molecule has 3 rings (SSSR count). The summed E-state index contributed by atoms with van der Waals surface area (Å²) in [5, 5.41) is 0. The van der Waals surface area contributed by atoms with Crippen molar-refractivity contribution in [2.24, 2.45) is 0 Å². The minimum absolute atomic E-state index is 0.262. The summed E-state index contributed by atoms with van der Waals surface area (Å²) in [7, 11) is 1.64. The Morgan fingerprint density at radius 1 is 1.19 bits per heavy atom. The molecule has 0 saturated carbocycles. The number of aldehydes is 1. The number of aryl methyl sites for hydroxylation is 1. The Hall–Kier alpha value is -3.08. The number of methoxy groups -OCH3 is 1. The molecule has 0 N–H and O–H groups in total. The number of ether oxygens (including phenoxy) is 2. The molecule has 1 aromatic carbocycles. The summed E-state index contributed by atoms with van der Waals surface area (Å²) in [5.41, 5.74) is 5.81. The molecule has 0 bridgehead atoms. The number of benzene rings is 1. The van der Waals surface area contributed by atoms with Gasteiger partial charge in [-0.05, 0) is 68.1 Å². The third-order valence-corrected chi connectivity index (χ3v) is 4.97. The van der Waals surface area contributed by atoms with Crippen molar-refractivity contribution in [2.45, 2.75) is 27.7 Å². The first kappa shape index (κ1) is 18.7. The summed E-state index contributed by atoms with van der Waals surface area (Å²) in [6.07, 6.45) is 2.57. The zero-order valence-corrected chi connectivity index (χ0v) is 16.3. The number of hydrogen-bond donors (Lipinski definition) is 0. The standard InChI is InChI=1S/C22H23NO4/c1-6-27-22(25)20-17-9-7-8-10-23(17)18(12-24)19(20)16-11-13(2)21(26-5)15(4)14(16)3/h7-12H,6H2,1-5H3. The summed E-state index contributed by atoms with van der Waals surface area (Å²) in [6.45, 7) is 7.93. The van der Waals surface area contributed by atoms with Gasteiger partial charge in [-0.2, -0.15) is 0 Å². The van der Waals surface area contributed by atoms with Gasteiger partial charge in [0.25, 0.3) is 0 Å². The molecule has 140 valence electrons. The summed E-state index contributed by atoms with van der Waals surface area (Å²) in [5.74, 6) is 0.375. The SMILES string of the molecule is CCOC(=O)c1c(-c2cc(C)c(OC)c(C)c2C)c(C=O)n2ccccc12. The van der Waals surface area contributed by atoms with Gasteiger partial charge in [0.05, 0.1) is 30.5 Å². The minimum atomic E-state index is -0.435. The average Bonchev–Trinajstić information content (AvgIpc) is 2.99. The molecule has 0 aliphatic rings. The van der Waals surface area contributed by atoms with Gasteiger partial charge in [-0.25, -0.2) is 4.79 Å². The minimum Gasteiger partial charge on any atom is -0.496 e. The van der Waals surface area contributed by atoms with E-state index in [0.717, 1.165) is 34.3 Å². The maximum atomic E-state index is 12.8. The maximum Gasteiger partial charge on any atom is 0.340 e. The lowest BCUT2D eigenvalue weighted by molar-refractivity contribution is 0.0529. The van der Waals surface area contributed by atoms with Crippen molar-refractivity contribution >= 4 is 17.8 Å². The number of esters is 1. The highest BCUT2D eigenvalue weighted by Gasteiger charge is 2.27. The summed E-state index contributed by atoms with van der Waals surface area (Å²) >= 11 is 0. The molecule has 5 heteroatoms. The first-order valence-electron chi connectivity index (χ1n) is 8.86. The second kappa shape index (κ2) is 7.27. The fourth-order valence-corrected chi connectivity index (χ4v) is 3.66. The van der Waals surface area contributed by atoms with Gasteiger partial charge in [-0.3, -0.25) is 4.79 Å². The molecule has 5 nitrogen and oxygen atoms in total. The Kier molecular flexibility index (Phi) is 5.04. The lowest BCUT2D eigenvalue weighted by atomic mass is 9.91. The summed E-state index contributed by atoms with van der Waals surface area (Å²) < 4.78 is 12.6. The van der Waals surface area contributed by atoms with Gasteiger partial charge < -0.3 is 13.9 Å². The number of nitrogens with zero attached hydrogens (tertiary/aromatic N) is 1. The molecule has 0 aliphatic heterocycles. The van der Waals surface area contributed by atoms with Crippen molar-refractivity contribution in [3.8, 4) is 16.9 Å². The second-order valence-electron chi connectivity index (χ2n) is 6.45. The monoisotopic (exact) mass is 365 g/mol. The van der Waals surface area contributed by atoms with Crippen LogP contribution in [0.4, 0.5) is 0 Å². The second-order valence-corrected chi connectivity index (χ2v) is 6.45. The number of carbonyl (C=O) groups excluding carboxylic acids is 2. The average molecular weight is 365 g/mol. The van der Waals surface area contributed by atoms with Crippen molar-refractivity contribution in [1.29, 1.82) is 0 Å². The van der Waals surface area contributed by atoms with Gasteiger partial charge in [0.2, 0.25) is 0 Å². The van der Waals surface area contributed by atoms with Gasteiger partial charge in [0.1, 0.15) is 5.75 Å². The van der Waals surface area contributed by atoms with Gasteiger partial charge in [-0.1, -0.05) is 6.07 Å². The number of fused-ring (bicyclic) bond motifs is 1. The van der Waals surface area contributed by atoms with Crippen LogP contribution >= 0.6 is 0 Å². The molecule has 2 aromatic heterocycles. The Labute approximate surface area is 158 Å². The molecule has 0 amide bonds. The molecular weight excluding hydrogens is 342 g/mol.